The van der Waals surface area contributed by atoms with Crippen molar-refractivity contribution in [3.8, 4) is 0 Å². The van der Waals surface area contributed by atoms with Gasteiger partial charge in [-0.15, -0.1) is 0 Å². The van der Waals surface area contributed by atoms with Crippen molar-refractivity contribution >= 4 is 40.9 Å². The van der Waals surface area contributed by atoms with E-state index in [0.29, 0.717) is 16.9 Å². The van der Waals surface area contributed by atoms with E-state index >= 15 is 0 Å². The standard InChI is InChI=1S/C28H30N4O5/c1-17-6-4-5-7-23(17)31-28(37)32-24-13-8-20(14-18(24)2)15-26(34)30-22-11-9-21(10-12-22)25(16-27(35)36)29-19(3)33/h4-14,25H,15-16H2,1-3H3,(H,29,33)(H,30,34)(H,35,36)(H2,31,32,37). The third-order valence-corrected chi connectivity index (χ3v) is 5.65. The van der Waals surface area contributed by atoms with Crippen LogP contribution in [0.5, 0.6) is 0 Å². The van der Waals surface area contributed by atoms with Crippen molar-refractivity contribution in [1.82, 2.24) is 5.32 Å². The van der Waals surface area contributed by atoms with Crippen LogP contribution in [0.1, 0.15) is 41.6 Å². The maximum atomic E-state index is 12.6. The maximum Gasteiger partial charge on any atom is 0.323 e. The van der Waals surface area contributed by atoms with Gasteiger partial charge >= 0.3 is 12.0 Å². The molecule has 0 heterocycles. The predicted molar refractivity (Wildman–Crippen MR) is 143 cm³/mol. The number of urea groups is 1. The molecule has 37 heavy (non-hydrogen) atoms. The fourth-order valence-corrected chi connectivity index (χ4v) is 3.83. The molecule has 0 aliphatic heterocycles. The molecule has 4 amide bonds. The van der Waals surface area contributed by atoms with Crippen LogP contribution in [0.3, 0.4) is 0 Å². The molecule has 0 saturated heterocycles. The molecular weight excluding hydrogens is 472 g/mol. The van der Waals surface area contributed by atoms with Crippen LogP contribution >= 0.6 is 0 Å². The summed E-state index contributed by atoms with van der Waals surface area (Å²) in [4.78, 5) is 47.5. The SMILES string of the molecule is CC(=O)NC(CC(=O)O)c1ccc(NC(=O)Cc2ccc(NC(=O)Nc3ccccc3C)c(C)c2)cc1. The molecule has 1 unspecified atom stereocenters. The van der Waals surface area contributed by atoms with Crippen molar-refractivity contribution in [3.05, 3.63) is 89.0 Å². The lowest BCUT2D eigenvalue weighted by atomic mass is 10.0. The van der Waals surface area contributed by atoms with E-state index in [1.165, 1.54) is 6.92 Å². The Kier molecular flexibility index (Phi) is 8.99. The van der Waals surface area contributed by atoms with Gasteiger partial charge in [0.05, 0.1) is 18.9 Å². The Hall–Kier alpha value is -4.66. The van der Waals surface area contributed by atoms with E-state index in [1.807, 2.05) is 44.2 Å². The number of para-hydroxylation sites is 1. The molecule has 0 bridgehead atoms. The molecule has 1 atom stereocenters. The predicted octanol–water partition coefficient (Wildman–Crippen LogP) is 4.78. The van der Waals surface area contributed by atoms with Crippen molar-refractivity contribution < 1.29 is 24.3 Å². The zero-order valence-electron chi connectivity index (χ0n) is 20.9. The Balaban J connectivity index is 1.57. The van der Waals surface area contributed by atoms with E-state index in [1.54, 1.807) is 36.4 Å². The molecule has 192 valence electrons. The van der Waals surface area contributed by atoms with Crippen LogP contribution in [0.25, 0.3) is 0 Å². The van der Waals surface area contributed by atoms with E-state index in [-0.39, 0.29) is 30.7 Å². The van der Waals surface area contributed by atoms with Gasteiger partial charge < -0.3 is 26.4 Å². The van der Waals surface area contributed by atoms with Gasteiger partial charge in [0, 0.05) is 24.0 Å². The second-order valence-corrected chi connectivity index (χ2v) is 8.74. The van der Waals surface area contributed by atoms with Crippen LogP contribution in [-0.2, 0) is 20.8 Å². The lowest BCUT2D eigenvalue weighted by Gasteiger charge is -2.17. The van der Waals surface area contributed by atoms with E-state index in [2.05, 4.69) is 21.3 Å². The number of nitrogens with one attached hydrogen (secondary N) is 4. The van der Waals surface area contributed by atoms with E-state index in [9.17, 15) is 19.2 Å². The Morgan fingerprint density at radius 2 is 1.46 bits per heavy atom. The molecule has 0 saturated carbocycles. The highest BCUT2D eigenvalue weighted by Crippen LogP contribution is 2.21. The van der Waals surface area contributed by atoms with Crippen LogP contribution < -0.4 is 21.3 Å². The van der Waals surface area contributed by atoms with Crippen molar-refractivity contribution in [2.75, 3.05) is 16.0 Å². The third kappa shape index (κ3) is 8.21. The lowest BCUT2D eigenvalue weighted by Crippen LogP contribution is -2.28. The molecule has 3 aromatic carbocycles. The average Bonchev–Trinajstić information content (AvgIpc) is 2.82. The zero-order valence-corrected chi connectivity index (χ0v) is 20.9. The van der Waals surface area contributed by atoms with Crippen molar-refractivity contribution in [1.29, 1.82) is 0 Å². The summed E-state index contributed by atoms with van der Waals surface area (Å²) in [5, 5.41) is 20.2. The van der Waals surface area contributed by atoms with Gasteiger partial charge in [0.15, 0.2) is 0 Å². The molecule has 0 aliphatic carbocycles. The second kappa shape index (κ2) is 12.3. The number of benzene rings is 3. The Labute approximate surface area is 215 Å². The summed E-state index contributed by atoms with van der Waals surface area (Å²) in [5.74, 6) is -1.58. The Morgan fingerprint density at radius 3 is 2.05 bits per heavy atom. The number of carbonyl (C=O) groups excluding carboxylic acids is 3. The highest BCUT2D eigenvalue weighted by molar-refractivity contribution is 6.00. The van der Waals surface area contributed by atoms with Crippen molar-refractivity contribution in [2.24, 2.45) is 0 Å². The summed E-state index contributed by atoms with van der Waals surface area (Å²) < 4.78 is 0. The lowest BCUT2D eigenvalue weighted by molar-refractivity contribution is -0.137. The minimum absolute atomic E-state index is 0.131. The molecule has 0 fully saturated rings. The van der Waals surface area contributed by atoms with Crippen LogP contribution in [0.2, 0.25) is 0 Å². The largest absolute Gasteiger partial charge is 0.481 e. The van der Waals surface area contributed by atoms with Gasteiger partial charge in [-0.1, -0.05) is 42.5 Å². The fraction of sp³-hybridized carbons (Fsp3) is 0.214. The minimum atomic E-state index is -1.03. The first-order chi connectivity index (χ1) is 17.6. The number of anilines is 3. The number of rotatable bonds is 9. The second-order valence-electron chi connectivity index (χ2n) is 8.74. The highest BCUT2D eigenvalue weighted by Gasteiger charge is 2.17. The van der Waals surface area contributed by atoms with Gasteiger partial charge in [-0.25, -0.2) is 4.79 Å². The van der Waals surface area contributed by atoms with E-state index in [4.69, 9.17) is 5.11 Å². The number of amides is 4. The fourth-order valence-electron chi connectivity index (χ4n) is 3.83. The van der Waals surface area contributed by atoms with Crippen LogP contribution in [0.4, 0.5) is 21.9 Å². The molecule has 9 nitrogen and oxygen atoms in total. The number of hydrogen-bond acceptors (Lipinski definition) is 4. The molecule has 3 aromatic rings. The first kappa shape index (κ1) is 26.9. The molecule has 0 aromatic heterocycles. The van der Waals surface area contributed by atoms with E-state index < -0.39 is 12.0 Å². The summed E-state index contributed by atoms with van der Waals surface area (Å²) >= 11 is 0. The monoisotopic (exact) mass is 502 g/mol. The smallest absolute Gasteiger partial charge is 0.323 e. The molecule has 0 radical (unpaired) electrons. The molecule has 0 aliphatic rings. The Bertz CT molecular complexity index is 1290. The van der Waals surface area contributed by atoms with Crippen molar-refractivity contribution in [2.45, 2.75) is 39.7 Å². The number of aliphatic carboxylic acids is 1. The van der Waals surface area contributed by atoms with Gasteiger partial charge in [0.2, 0.25) is 11.8 Å². The van der Waals surface area contributed by atoms with Gasteiger partial charge in [-0.2, -0.15) is 0 Å². The molecular formula is C28H30N4O5. The van der Waals surface area contributed by atoms with Gasteiger partial charge in [-0.05, 0) is 60.4 Å². The van der Waals surface area contributed by atoms with Crippen molar-refractivity contribution in [3.63, 3.8) is 0 Å². The maximum absolute atomic E-state index is 12.6. The van der Waals surface area contributed by atoms with Gasteiger partial charge in [-0.3, -0.25) is 14.4 Å². The first-order valence-corrected chi connectivity index (χ1v) is 11.7. The Morgan fingerprint density at radius 1 is 0.811 bits per heavy atom. The quantitative estimate of drug-likeness (QED) is 0.287. The number of carbonyl (C=O) groups is 4. The molecule has 3 rings (SSSR count). The van der Waals surface area contributed by atoms with E-state index in [0.717, 1.165) is 22.4 Å². The molecule has 0 spiro atoms. The topological polar surface area (TPSA) is 137 Å². The number of aryl methyl sites for hydroxylation is 2. The zero-order chi connectivity index (χ0) is 26.9. The van der Waals surface area contributed by atoms with Crippen LogP contribution in [0.15, 0.2) is 66.7 Å². The number of carboxylic acids is 1. The average molecular weight is 503 g/mol. The minimum Gasteiger partial charge on any atom is -0.481 e. The molecule has 9 heteroatoms. The highest BCUT2D eigenvalue weighted by atomic mass is 16.4. The van der Waals surface area contributed by atoms with Gasteiger partial charge in [0.25, 0.3) is 0 Å². The normalized spacial score (nSPS) is 11.2. The summed E-state index contributed by atoms with van der Waals surface area (Å²) in [6.07, 6.45) is -0.116. The molecule has 5 N–H and O–H groups in total. The summed E-state index contributed by atoms with van der Waals surface area (Å²) in [7, 11) is 0. The summed E-state index contributed by atoms with van der Waals surface area (Å²) in [5.41, 5.74) is 5.10. The first-order valence-electron chi connectivity index (χ1n) is 11.7. The number of carboxylic acid groups (broad SMARTS) is 1. The number of hydrogen-bond donors (Lipinski definition) is 5. The van der Waals surface area contributed by atoms with Crippen LogP contribution in [-0.4, -0.2) is 28.9 Å². The third-order valence-electron chi connectivity index (χ3n) is 5.65. The summed E-state index contributed by atoms with van der Waals surface area (Å²) in [6, 6.07) is 18.5. The van der Waals surface area contributed by atoms with Crippen LogP contribution in [0, 0.1) is 13.8 Å². The summed E-state index contributed by atoms with van der Waals surface area (Å²) in [6.45, 7) is 5.09. The van der Waals surface area contributed by atoms with Gasteiger partial charge in [0.1, 0.15) is 0 Å².